The Hall–Kier alpha value is -3.47. The zero-order valence-corrected chi connectivity index (χ0v) is 16.8. The quantitative estimate of drug-likeness (QED) is 0.262. The van der Waals surface area contributed by atoms with E-state index in [4.69, 9.17) is 9.47 Å². The summed E-state index contributed by atoms with van der Waals surface area (Å²) in [6, 6.07) is 18.7. The Morgan fingerprint density at radius 3 is 1.63 bits per heavy atom. The van der Waals surface area contributed by atoms with Gasteiger partial charge >= 0.3 is 11.9 Å². The van der Waals surface area contributed by atoms with Crippen LogP contribution in [0.3, 0.4) is 0 Å². The standard InChI is InChI=1S/C25H23FO4/c1-2-3-4-5-18-6-8-19(9-7-18)24(27)29-22-14-16-23(17-15-22)30-25(28)20-10-12-21(26)13-11-20/h6-17H,2-5H2,1H3. The fourth-order valence-corrected chi connectivity index (χ4v) is 2.88. The Kier molecular flexibility index (Phi) is 7.33. The Labute approximate surface area is 175 Å². The van der Waals surface area contributed by atoms with Gasteiger partial charge < -0.3 is 9.47 Å². The van der Waals surface area contributed by atoms with Crippen LogP contribution in [0.4, 0.5) is 4.39 Å². The molecule has 0 heterocycles. The first-order valence-electron chi connectivity index (χ1n) is 9.94. The smallest absolute Gasteiger partial charge is 0.343 e. The molecule has 0 aliphatic rings. The zero-order chi connectivity index (χ0) is 21.3. The van der Waals surface area contributed by atoms with Crippen LogP contribution in [0.1, 0.15) is 52.5 Å². The van der Waals surface area contributed by atoms with E-state index in [0.29, 0.717) is 17.1 Å². The minimum absolute atomic E-state index is 0.241. The molecule has 4 nitrogen and oxygen atoms in total. The van der Waals surface area contributed by atoms with Crippen LogP contribution in [-0.2, 0) is 6.42 Å². The van der Waals surface area contributed by atoms with Crippen LogP contribution < -0.4 is 9.47 Å². The van der Waals surface area contributed by atoms with Gasteiger partial charge in [0, 0.05) is 0 Å². The maximum absolute atomic E-state index is 12.9. The van der Waals surface area contributed by atoms with Gasteiger partial charge in [-0.05, 0) is 79.1 Å². The highest BCUT2D eigenvalue weighted by molar-refractivity contribution is 5.91. The number of unbranched alkanes of at least 4 members (excludes halogenated alkanes) is 2. The first-order valence-corrected chi connectivity index (χ1v) is 9.94. The lowest BCUT2D eigenvalue weighted by atomic mass is 10.1. The molecule has 0 spiro atoms. The second-order valence-corrected chi connectivity index (χ2v) is 6.91. The second-order valence-electron chi connectivity index (χ2n) is 6.91. The molecule has 0 atom stereocenters. The summed E-state index contributed by atoms with van der Waals surface area (Å²) in [5.41, 5.74) is 1.92. The van der Waals surface area contributed by atoms with Gasteiger partial charge in [0.2, 0.25) is 0 Å². The molecule has 5 heteroatoms. The third-order valence-corrected chi connectivity index (χ3v) is 4.58. The molecule has 0 amide bonds. The number of esters is 2. The second kappa shape index (κ2) is 10.3. The van der Waals surface area contributed by atoms with Crippen LogP contribution in [0, 0.1) is 5.82 Å². The number of rotatable bonds is 8. The molecular formula is C25H23FO4. The van der Waals surface area contributed by atoms with Crippen LogP contribution in [0.25, 0.3) is 0 Å². The minimum atomic E-state index is -0.598. The summed E-state index contributed by atoms with van der Waals surface area (Å²) in [4.78, 5) is 24.4. The van der Waals surface area contributed by atoms with E-state index in [9.17, 15) is 14.0 Å². The van der Waals surface area contributed by atoms with Crippen molar-refractivity contribution in [2.75, 3.05) is 0 Å². The third kappa shape index (κ3) is 6.01. The number of halogens is 1. The topological polar surface area (TPSA) is 52.6 Å². The molecule has 0 fully saturated rings. The molecule has 0 radical (unpaired) electrons. The molecule has 0 saturated heterocycles. The van der Waals surface area contributed by atoms with Crippen molar-refractivity contribution < 1.29 is 23.5 Å². The summed E-state index contributed by atoms with van der Waals surface area (Å²) in [5, 5.41) is 0. The van der Waals surface area contributed by atoms with Gasteiger partial charge in [-0.25, -0.2) is 14.0 Å². The highest BCUT2D eigenvalue weighted by Crippen LogP contribution is 2.20. The molecular weight excluding hydrogens is 383 g/mol. The van der Waals surface area contributed by atoms with E-state index in [1.807, 2.05) is 12.1 Å². The van der Waals surface area contributed by atoms with Crippen molar-refractivity contribution in [3.63, 3.8) is 0 Å². The van der Waals surface area contributed by atoms with Crippen molar-refractivity contribution in [2.24, 2.45) is 0 Å². The summed E-state index contributed by atoms with van der Waals surface area (Å²) < 4.78 is 23.5. The molecule has 3 rings (SSSR count). The highest BCUT2D eigenvalue weighted by atomic mass is 19.1. The molecule has 154 valence electrons. The number of aryl methyl sites for hydroxylation is 1. The van der Waals surface area contributed by atoms with E-state index in [-0.39, 0.29) is 5.56 Å². The van der Waals surface area contributed by atoms with E-state index < -0.39 is 17.8 Å². The van der Waals surface area contributed by atoms with Crippen LogP contribution in [0.5, 0.6) is 11.5 Å². The largest absolute Gasteiger partial charge is 0.423 e. The Balaban J connectivity index is 1.55. The molecule has 0 bridgehead atoms. The Bertz CT molecular complexity index is 977. The van der Waals surface area contributed by atoms with E-state index in [1.165, 1.54) is 54.8 Å². The Morgan fingerprint density at radius 1 is 0.700 bits per heavy atom. The molecule has 0 aromatic heterocycles. The van der Waals surface area contributed by atoms with Crippen molar-refractivity contribution in [1.29, 1.82) is 0 Å². The molecule has 0 N–H and O–H groups in total. The van der Waals surface area contributed by atoms with Crippen LogP contribution in [-0.4, -0.2) is 11.9 Å². The number of hydrogen-bond acceptors (Lipinski definition) is 4. The van der Waals surface area contributed by atoms with E-state index in [2.05, 4.69) is 6.92 Å². The number of ether oxygens (including phenoxy) is 2. The van der Waals surface area contributed by atoms with E-state index in [0.717, 1.165) is 12.8 Å². The lowest BCUT2D eigenvalue weighted by Crippen LogP contribution is -2.09. The molecule has 3 aromatic carbocycles. The number of benzene rings is 3. The predicted molar refractivity (Wildman–Crippen MR) is 112 cm³/mol. The monoisotopic (exact) mass is 406 g/mol. The maximum Gasteiger partial charge on any atom is 0.343 e. The SMILES string of the molecule is CCCCCc1ccc(C(=O)Oc2ccc(OC(=O)c3ccc(F)cc3)cc2)cc1. The van der Waals surface area contributed by atoms with Crippen molar-refractivity contribution in [3.05, 3.63) is 95.3 Å². The highest BCUT2D eigenvalue weighted by Gasteiger charge is 2.11. The first kappa shape index (κ1) is 21.2. The van der Waals surface area contributed by atoms with E-state index in [1.54, 1.807) is 24.3 Å². The van der Waals surface area contributed by atoms with Gasteiger partial charge in [0.25, 0.3) is 0 Å². The van der Waals surface area contributed by atoms with Crippen molar-refractivity contribution in [2.45, 2.75) is 32.6 Å². The van der Waals surface area contributed by atoms with Crippen molar-refractivity contribution >= 4 is 11.9 Å². The number of carbonyl (C=O) groups is 2. The van der Waals surface area contributed by atoms with Gasteiger partial charge in [0.1, 0.15) is 17.3 Å². The summed E-state index contributed by atoms with van der Waals surface area (Å²) in [5.74, 6) is -0.844. The van der Waals surface area contributed by atoms with E-state index >= 15 is 0 Å². The summed E-state index contributed by atoms with van der Waals surface area (Å²) in [6.45, 7) is 2.17. The van der Waals surface area contributed by atoms with Gasteiger partial charge in [-0.2, -0.15) is 0 Å². The summed E-state index contributed by atoms with van der Waals surface area (Å²) in [7, 11) is 0. The van der Waals surface area contributed by atoms with Gasteiger partial charge in [-0.15, -0.1) is 0 Å². The van der Waals surface area contributed by atoms with Crippen LogP contribution in [0.2, 0.25) is 0 Å². The fraction of sp³-hybridized carbons (Fsp3) is 0.200. The fourth-order valence-electron chi connectivity index (χ4n) is 2.88. The lowest BCUT2D eigenvalue weighted by Gasteiger charge is -2.07. The predicted octanol–water partition coefficient (Wildman–Crippen LogP) is 6.00. The number of hydrogen-bond donors (Lipinski definition) is 0. The average Bonchev–Trinajstić information content (AvgIpc) is 2.76. The maximum atomic E-state index is 12.9. The zero-order valence-electron chi connectivity index (χ0n) is 16.8. The van der Waals surface area contributed by atoms with Crippen LogP contribution >= 0.6 is 0 Å². The molecule has 30 heavy (non-hydrogen) atoms. The van der Waals surface area contributed by atoms with Gasteiger partial charge in [0.15, 0.2) is 0 Å². The molecule has 0 aliphatic heterocycles. The minimum Gasteiger partial charge on any atom is -0.423 e. The lowest BCUT2D eigenvalue weighted by molar-refractivity contribution is 0.0719. The normalized spacial score (nSPS) is 10.5. The average molecular weight is 406 g/mol. The van der Waals surface area contributed by atoms with Crippen LogP contribution in [0.15, 0.2) is 72.8 Å². The van der Waals surface area contributed by atoms with Crippen molar-refractivity contribution in [3.8, 4) is 11.5 Å². The molecule has 3 aromatic rings. The van der Waals surface area contributed by atoms with Gasteiger partial charge in [-0.1, -0.05) is 31.9 Å². The van der Waals surface area contributed by atoms with Gasteiger partial charge in [-0.3, -0.25) is 0 Å². The number of carbonyl (C=O) groups excluding carboxylic acids is 2. The first-order chi connectivity index (χ1) is 14.5. The van der Waals surface area contributed by atoms with Crippen molar-refractivity contribution in [1.82, 2.24) is 0 Å². The molecule has 0 saturated carbocycles. The molecule has 0 aliphatic carbocycles. The van der Waals surface area contributed by atoms with Gasteiger partial charge in [0.05, 0.1) is 11.1 Å². The molecule has 0 unspecified atom stereocenters. The summed E-state index contributed by atoms with van der Waals surface area (Å²) >= 11 is 0. The Morgan fingerprint density at radius 2 is 1.17 bits per heavy atom. The summed E-state index contributed by atoms with van der Waals surface area (Å²) in [6.07, 6.45) is 4.51. The third-order valence-electron chi connectivity index (χ3n) is 4.58.